The normalized spacial score (nSPS) is 13.3. The maximum absolute atomic E-state index is 13.4. The van der Waals surface area contributed by atoms with E-state index in [9.17, 15) is 13.9 Å². The highest BCUT2D eigenvalue weighted by atomic mass is 79.9. The molecule has 1 atom stereocenters. The minimum Gasteiger partial charge on any atom is -0.384 e. The van der Waals surface area contributed by atoms with Crippen LogP contribution in [0.1, 0.15) is 22.8 Å². The van der Waals surface area contributed by atoms with Gasteiger partial charge in [0, 0.05) is 5.56 Å². The first-order chi connectivity index (χ1) is 8.50. The van der Waals surface area contributed by atoms with Crippen molar-refractivity contribution >= 4 is 15.9 Å². The van der Waals surface area contributed by atoms with Crippen molar-refractivity contribution in [3.63, 3.8) is 0 Å². The minimum absolute atomic E-state index is 0.200. The van der Waals surface area contributed by atoms with Crippen molar-refractivity contribution in [1.29, 1.82) is 0 Å². The van der Waals surface area contributed by atoms with E-state index in [2.05, 4.69) is 15.9 Å². The molecule has 0 aliphatic heterocycles. The lowest BCUT2D eigenvalue weighted by atomic mass is 9.97. The molecule has 0 bridgehead atoms. The average molecular weight is 313 g/mol. The second-order valence-electron chi connectivity index (χ2n) is 3.90. The molecular weight excluding hydrogens is 302 g/mol. The third-order valence-corrected chi connectivity index (χ3v) is 3.10. The Bertz CT molecular complexity index is 523. The Labute approximate surface area is 112 Å². The van der Waals surface area contributed by atoms with E-state index in [0.717, 1.165) is 0 Å². The Morgan fingerprint density at radius 2 is 1.50 bits per heavy atom. The zero-order chi connectivity index (χ0) is 13.2. The molecule has 1 unspecified atom stereocenters. The largest absolute Gasteiger partial charge is 0.384 e. The quantitative estimate of drug-likeness (QED) is 0.842. The molecule has 0 aliphatic rings. The minimum atomic E-state index is -3.15. The first-order valence-electron chi connectivity index (χ1n) is 5.39. The molecule has 0 aromatic heterocycles. The second kappa shape index (κ2) is 5.16. The summed E-state index contributed by atoms with van der Waals surface area (Å²) in [5.41, 5.74) is 0.564. The summed E-state index contributed by atoms with van der Waals surface area (Å²) in [5, 5.41) is 10.2. The van der Waals surface area contributed by atoms with Crippen molar-refractivity contribution in [2.75, 3.05) is 0 Å². The Morgan fingerprint density at radius 3 is 2.11 bits per heavy atom. The van der Waals surface area contributed by atoms with Crippen LogP contribution in [0.15, 0.2) is 54.6 Å². The van der Waals surface area contributed by atoms with Crippen LogP contribution in [0.2, 0.25) is 0 Å². The number of rotatable bonds is 3. The number of alkyl halides is 3. The molecule has 0 aliphatic carbocycles. The van der Waals surface area contributed by atoms with Crippen LogP contribution in [0.25, 0.3) is 0 Å². The fourth-order valence-electron chi connectivity index (χ4n) is 1.81. The summed E-state index contributed by atoms with van der Waals surface area (Å²) in [7, 11) is 0. The lowest BCUT2D eigenvalue weighted by molar-refractivity contribution is 0.109. The molecule has 94 valence electrons. The number of aliphatic hydroxyl groups is 1. The van der Waals surface area contributed by atoms with Gasteiger partial charge in [0.25, 0.3) is 0 Å². The maximum atomic E-state index is 13.4. The smallest absolute Gasteiger partial charge is 0.327 e. The van der Waals surface area contributed by atoms with E-state index >= 15 is 0 Å². The molecule has 2 aromatic rings. The summed E-state index contributed by atoms with van der Waals surface area (Å²) < 4.78 is 26.8. The monoisotopic (exact) mass is 312 g/mol. The predicted octanol–water partition coefficient (Wildman–Crippen LogP) is 4.21. The van der Waals surface area contributed by atoms with Gasteiger partial charge in [-0.2, -0.15) is 8.78 Å². The molecule has 2 rings (SSSR count). The van der Waals surface area contributed by atoms with Crippen LogP contribution < -0.4 is 0 Å². The van der Waals surface area contributed by atoms with Crippen LogP contribution in [-0.4, -0.2) is 5.11 Å². The van der Waals surface area contributed by atoms with Gasteiger partial charge in [0.05, 0.1) is 0 Å². The summed E-state index contributed by atoms with van der Waals surface area (Å²) in [4.78, 5) is -3.15. The van der Waals surface area contributed by atoms with Crippen molar-refractivity contribution in [3.05, 3.63) is 71.3 Å². The number of aliphatic hydroxyl groups excluding tert-OH is 1. The maximum Gasteiger partial charge on any atom is 0.327 e. The van der Waals surface area contributed by atoms with Crippen LogP contribution in [0.5, 0.6) is 0 Å². The van der Waals surface area contributed by atoms with Crippen molar-refractivity contribution in [2.24, 2.45) is 0 Å². The summed E-state index contributed by atoms with van der Waals surface area (Å²) in [6.07, 6.45) is -1.06. The van der Waals surface area contributed by atoms with Crippen molar-refractivity contribution < 1.29 is 13.9 Å². The third-order valence-electron chi connectivity index (χ3n) is 2.68. The SMILES string of the molecule is OC(c1ccccc1)c1ccccc1C(F)(F)Br. The first-order valence-corrected chi connectivity index (χ1v) is 6.18. The van der Waals surface area contributed by atoms with Crippen LogP contribution >= 0.6 is 15.9 Å². The number of hydrogen-bond acceptors (Lipinski definition) is 1. The van der Waals surface area contributed by atoms with E-state index in [4.69, 9.17) is 0 Å². The highest BCUT2D eigenvalue weighted by Gasteiger charge is 2.31. The number of hydrogen-bond donors (Lipinski definition) is 1. The van der Waals surface area contributed by atoms with E-state index in [1.54, 1.807) is 36.4 Å². The van der Waals surface area contributed by atoms with E-state index in [-0.39, 0.29) is 11.1 Å². The van der Waals surface area contributed by atoms with E-state index in [1.807, 2.05) is 0 Å². The van der Waals surface area contributed by atoms with Crippen molar-refractivity contribution in [3.8, 4) is 0 Å². The van der Waals surface area contributed by atoms with Crippen LogP contribution in [0.4, 0.5) is 8.78 Å². The highest BCUT2D eigenvalue weighted by Crippen LogP contribution is 2.39. The predicted molar refractivity (Wildman–Crippen MR) is 69.8 cm³/mol. The van der Waals surface area contributed by atoms with E-state index in [0.29, 0.717) is 5.56 Å². The average Bonchev–Trinajstić information content (AvgIpc) is 2.38. The second-order valence-corrected chi connectivity index (χ2v) is 4.89. The van der Waals surface area contributed by atoms with Gasteiger partial charge in [0.15, 0.2) is 0 Å². The van der Waals surface area contributed by atoms with Gasteiger partial charge in [0.2, 0.25) is 0 Å². The molecule has 4 heteroatoms. The molecule has 0 saturated heterocycles. The first kappa shape index (κ1) is 13.2. The lowest BCUT2D eigenvalue weighted by Gasteiger charge is -2.18. The molecule has 0 fully saturated rings. The molecule has 1 nitrogen and oxygen atoms in total. The van der Waals surface area contributed by atoms with E-state index < -0.39 is 10.9 Å². The van der Waals surface area contributed by atoms with Crippen molar-refractivity contribution in [2.45, 2.75) is 10.9 Å². The highest BCUT2D eigenvalue weighted by molar-refractivity contribution is 9.09. The van der Waals surface area contributed by atoms with E-state index in [1.165, 1.54) is 18.2 Å². The summed E-state index contributed by atoms with van der Waals surface area (Å²) in [5.74, 6) is 0. The van der Waals surface area contributed by atoms with Gasteiger partial charge in [-0.1, -0.05) is 54.6 Å². The lowest BCUT2D eigenvalue weighted by Crippen LogP contribution is -2.11. The Kier molecular flexibility index (Phi) is 3.78. The molecule has 18 heavy (non-hydrogen) atoms. The van der Waals surface area contributed by atoms with Gasteiger partial charge in [-0.05, 0) is 27.1 Å². The van der Waals surface area contributed by atoms with Gasteiger partial charge < -0.3 is 5.11 Å². The molecular formula is C14H11BrF2O. The summed E-state index contributed by atoms with van der Waals surface area (Å²) >= 11 is 2.33. The zero-order valence-electron chi connectivity index (χ0n) is 9.35. The van der Waals surface area contributed by atoms with Gasteiger partial charge in [-0.3, -0.25) is 0 Å². The summed E-state index contributed by atoms with van der Waals surface area (Å²) in [6, 6.07) is 14.7. The van der Waals surface area contributed by atoms with Gasteiger partial charge in [-0.25, -0.2) is 0 Å². The Hall–Kier alpha value is -1.26. The fraction of sp³-hybridized carbons (Fsp3) is 0.143. The van der Waals surface area contributed by atoms with Crippen LogP contribution in [-0.2, 0) is 4.83 Å². The summed E-state index contributed by atoms with van der Waals surface area (Å²) in [6.45, 7) is 0. The van der Waals surface area contributed by atoms with Crippen LogP contribution in [0.3, 0.4) is 0 Å². The Morgan fingerprint density at radius 1 is 0.944 bits per heavy atom. The third kappa shape index (κ3) is 2.76. The molecule has 0 heterocycles. The topological polar surface area (TPSA) is 20.2 Å². The molecule has 0 saturated carbocycles. The molecule has 1 N–H and O–H groups in total. The molecule has 0 amide bonds. The molecule has 0 spiro atoms. The molecule has 0 radical (unpaired) electrons. The van der Waals surface area contributed by atoms with Crippen molar-refractivity contribution in [1.82, 2.24) is 0 Å². The van der Waals surface area contributed by atoms with Gasteiger partial charge in [-0.15, -0.1) is 0 Å². The number of halogens is 3. The standard InChI is InChI=1S/C14H11BrF2O/c15-14(16,17)12-9-5-4-8-11(12)13(18)10-6-2-1-3-7-10/h1-9,13,18H. The molecule has 2 aromatic carbocycles. The number of benzene rings is 2. The van der Waals surface area contributed by atoms with Gasteiger partial charge >= 0.3 is 4.83 Å². The van der Waals surface area contributed by atoms with Gasteiger partial charge in [0.1, 0.15) is 6.10 Å². The zero-order valence-corrected chi connectivity index (χ0v) is 10.9. The Balaban J connectivity index is 2.46. The van der Waals surface area contributed by atoms with Crippen LogP contribution in [0, 0.1) is 0 Å². The fourth-order valence-corrected chi connectivity index (χ4v) is 2.17.